The first-order chi connectivity index (χ1) is 9.58. The average molecular weight is 281 g/mol. The van der Waals surface area contributed by atoms with Crippen molar-refractivity contribution in [3.63, 3.8) is 0 Å². The van der Waals surface area contributed by atoms with Gasteiger partial charge < -0.3 is 4.90 Å². The zero-order valence-electron chi connectivity index (χ0n) is 12.1. The Bertz CT molecular complexity index is 486. The summed E-state index contributed by atoms with van der Waals surface area (Å²) in [5, 5.41) is 4.16. The molecule has 7 nitrogen and oxygen atoms in total. The summed E-state index contributed by atoms with van der Waals surface area (Å²) in [4.78, 5) is 24.8. The summed E-state index contributed by atoms with van der Waals surface area (Å²) >= 11 is 0. The van der Waals surface area contributed by atoms with Crippen LogP contribution in [0, 0.1) is 0 Å². The number of carbonyl (C=O) groups is 1. The molecule has 0 unspecified atom stereocenters. The number of hydrogen-bond donors (Lipinski definition) is 2. The maximum atomic E-state index is 11.9. The molecule has 1 aromatic heterocycles. The predicted octanol–water partition coefficient (Wildman–Crippen LogP) is 0.250. The quantitative estimate of drug-likeness (QED) is 0.308. The second-order valence-corrected chi connectivity index (χ2v) is 4.67. The van der Waals surface area contributed by atoms with E-state index in [1.807, 2.05) is 18.9 Å². The topological polar surface area (TPSA) is 93.2 Å². The molecule has 3 N–H and O–H groups in total. The Labute approximate surface area is 118 Å². The van der Waals surface area contributed by atoms with Gasteiger partial charge in [-0.1, -0.05) is 6.42 Å². The van der Waals surface area contributed by atoms with E-state index in [2.05, 4.69) is 10.5 Å². The van der Waals surface area contributed by atoms with Crippen LogP contribution in [0.2, 0.25) is 0 Å². The lowest BCUT2D eigenvalue weighted by atomic mass is 10.2. The molecule has 7 heteroatoms. The van der Waals surface area contributed by atoms with Crippen molar-refractivity contribution in [3.8, 4) is 0 Å². The van der Waals surface area contributed by atoms with E-state index in [0.717, 1.165) is 31.5 Å². The summed E-state index contributed by atoms with van der Waals surface area (Å²) in [5.74, 6) is 4.83. The lowest BCUT2D eigenvalue weighted by molar-refractivity contribution is -0.121. The van der Waals surface area contributed by atoms with E-state index in [9.17, 15) is 9.59 Å². The van der Waals surface area contributed by atoms with Crippen molar-refractivity contribution in [1.29, 1.82) is 0 Å². The van der Waals surface area contributed by atoms with E-state index in [1.54, 1.807) is 12.3 Å². The minimum atomic E-state index is -0.160. The predicted molar refractivity (Wildman–Crippen MR) is 78.2 cm³/mol. The number of aromatic nitrogens is 2. The van der Waals surface area contributed by atoms with E-state index < -0.39 is 0 Å². The number of amides is 1. The number of hydrazine groups is 1. The van der Waals surface area contributed by atoms with E-state index >= 15 is 0 Å². The number of aryl methyl sites for hydroxylation is 1. The molecule has 0 saturated carbocycles. The van der Waals surface area contributed by atoms with Crippen molar-refractivity contribution < 1.29 is 4.79 Å². The smallest absolute Gasteiger partial charge is 0.268 e. The highest BCUT2D eigenvalue weighted by Gasteiger charge is 2.03. The van der Waals surface area contributed by atoms with E-state index in [0.29, 0.717) is 13.0 Å². The van der Waals surface area contributed by atoms with Crippen LogP contribution in [-0.2, 0) is 11.3 Å². The third kappa shape index (κ3) is 5.00. The molecule has 20 heavy (non-hydrogen) atoms. The van der Waals surface area contributed by atoms with Crippen LogP contribution in [0.25, 0.3) is 0 Å². The fourth-order valence-corrected chi connectivity index (χ4v) is 1.78. The first-order valence-corrected chi connectivity index (χ1v) is 6.86. The molecular formula is C13H23N5O2. The van der Waals surface area contributed by atoms with E-state index in [1.165, 1.54) is 4.68 Å². The van der Waals surface area contributed by atoms with Crippen molar-refractivity contribution in [2.45, 2.75) is 39.2 Å². The maximum absolute atomic E-state index is 11.9. The zero-order valence-corrected chi connectivity index (χ0v) is 12.1. The standard InChI is InChI=1S/C13H23N5O2/c1-3-17(2)11-9-13(20)18(15-10-11)8-6-4-5-7-12(19)16-14/h9-10H,3-8,14H2,1-2H3,(H,16,19). The van der Waals surface area contributed by atoms with Crippen LogP contribution in [0.1, 0.15) is 32.6 Å². The Hall–Kier alpha value is -1.89. The van der Waals surface area contributed by atoms with Crippen molar-refractivity contribution in [3.05, 3.63) is 22.6 Å². The number of hydrogen-bond acceptors (Lipinski definition) is 5. The van der Waals surface area contributed by atoms with Crippen LogP contribution in [0.5, 0.6) is 0 Å². The first-order valence-electron chi connectivity index (χ1n) is 6.86. The highest BCUT2D eigenvalue weighted by atomic mass is 16.2. The fraction of sp³-hybridized carbons (Fsp3) is 0.615. The number of nitrogens with two attached hydrogens (primary N) is 1. The van der Waals surface area contributed by atoms with E-state index in [-0.39, 0.29) is 11.5 Å². The lowest BCUT2D eigenvalue weighted by Gasteiger charge is -2.16. The summed E-state index contributed by atoms with van der Waals surface area (Å²) < 4.78 is 1.45. The molecule has 0 aromatic carbocycles. The van der Waals surface area contributed by atoms with Crippen molar-refractivity contribution >= 4 is 11.6 Å². The number of nitrogens with one attached hydrogen (secondary N) is 1. The Morgan fingerprint density at radius 3 is 2.80 bits per heavy atom. The summed E-state index contributed by atoms with van der Waals surface area (Å²) in [6.45, 7) is 3.41. The monoisotopic (exact) mass is 281 g/mol. The first kappa shape index (κ1) is 16.2. The van der Waals surface area contributed by atoms with Gasteiger partial charge in [0.05, 0.1) is 11.9 Å². The van der Waals surface area contributed by atoms with Crippen LogP contribution in [0.15, 0.2) is 17.1 Å². The molecule has 0 aliphatic rings. The van der Waals surface area contributed by atoms with Gasteiger partial charge >= 0.3 is 0 Å². The summed E-state index contributed by atoms with van der Waals surface area (Å²) in [5.41, 5.74) is 2.83. The van der Waals surface area contributed by atoms with Crippen LogP contribution in [0.3, 0.4) is 0 Å². The molecule has 0 spiro atoms. The van der Waals surface area contributed by atoms with Gasteiger partial charge in [0.2, 0.25) is 5.91 Å². The van der Waals surface area contributed by atoms with Gasteiger partial charge in [0.25, 0.3) is 5.56 Å². The van der Waals surface area contributed by atoms with Crippen molar-refractivity contribution in [1.82, 2.24) is 15.2 Å². The number of nitrogens with zero attached hydrogens (tertiary/aromatic N) is 3. The van der Waals surface area contributed by atoms with Gasteiger partial charge in [-0.25, -0.2) is 10.5 Å². The fourth-order valence-electron chi connectivity index (χ4n) is 1.78. The van der Waals surface area contributed by atoms with Crippen molar-refractivity contribution in [2.75, 3.05) is 18.5 Å². The number of anilines is 1. The van der Waals surface area contributed by atoms with Gasteiger partial charge in [-0.2, -0.15) is 5.10 Å². The molecule has 0 saturated heterocycles. The molecule has 1 amide bonds. The maximum Gasteiger partial charge on any atom is 0.268 e. The van der Waals surface area contributed by atoms with Crippen molar-refractivity contribution in [2.24, 2.45) is 5.84 Å². The van der Waals surface area contributed by atoms with Gasteiger partial charge in [0.1, 0.15) is 0 Å². The number of carbonyl (C=O) groups excluding carboxylic acids is 1. The Morgan fingerprint density at radius 2 is 2.20 bits per heavy atom. The summed E-state index contributed by atoms with van der Waals surface area (Å²) in [7, 11) is 1.92. The Morgan fingerprint density at radius 1 is 1.45 bits per heavy atom. The largest absolute Gasteiger partial charge is 0.373 e. The molecule has 0 atom stereocenters. The van der Waals surface area contributed by atoms with Crippen LogP contribution in [0.4, 0.5) is 5.69 Å². The summed E-state index contributed by atoms with van der Waals surface area (Å²) in [6.07, 6.45) is 4.55. The van der Waals surface area contributed by atoms with E-state index in [4.69, 9.17) is 5.84 Å². The molecule has 0 radical (unpaired) electrons. The second kappa shape index (κ2) is 8.31. The third-order valence-corrected chi connectivity index (χ3v) is 3.21. The van der Waals surface area contributed by atoms with Gasteiger partial charge in [-0.3, -0.25) is 15.0 Å². The normalized spacial score (nSPS) is 10.3. The molecule has 0 aliphatic heterocycles. The molecule has 0 aliphatic carbocycles. The number of unbranched alkanes of at least 4 members (excludes halogenated alkanes) is 2. The summed E-state index contributed by atoms with van der Waals surface area (Å²) in [6, 6.07) is 1.60. The molecule has 1 rings (SSSR count). The SMILES string of the molecule is CCN(C)c1cnn(CCCCCC(=O)NN)c(=O)c1. The highest BCUT2D eigenvalue weighted by molar-refractivity contribution is 5.75. The molecule has 112 valence electrons. The van der Waals surface area contributed by atoms with Crippen LogP contribution < -0.4 is 21.7 Å². The zero-order chi connectivity index (χ0) is 15.0. The second-order valence-electron chi connectivity index (χ2n) is 4.67. The highest BCUT2D eigenvalue weighted by Crippen LogP contribution is 2.06. The molecular weight excluding hydrogens is 258 g/mol. The Kier molecular flexibility index (Phi) is 6.72. The van der Waals surface area contributed by atoms with Gasteiger partial charge in [0.15, 0.2) is 0 Å². The van der Waals surface area contributed by atoms with Crippen LogP contribution in [-0.4, -0.2) is 29.3 Å². The minimum absolute atomic E-state index is 0.0949. The average Bonchev–Trinajstić information content (AvgIpc) is 2.47. The molecule has 0 fully saturated rings. The lowest BCUT2D eigenvalue weighted by Crippen LogP contribution is -2.29. The Balaban J connectivity index is 2.41. The van der Waals surface area contributed by atoms with Gasteiger partial charge in [-0.05, 0) is 19.8 Å². The molecule has 1 aromatic rings. The number of rotatable bonds is 8. The molecule has 0 bridgehead atoms. The third-order valence-electron chi connectivity index (χ3n) is 3.21. The van der Waals surface area contributed by atoms with Gasteiger partial charge in [-0.15, -0.1) is 0 Å². The van der Waals surface area contributed by atoms with Gasteiger partial charge in [0, 0.05) is 32.6 Å². The molecule has 1 heterocycles. The van der Waals surface area contributed by atoms with Crippen LogP contribution >= 0.6 is 0 Å². The minimum Gasteiger partial charge on any atom is -0.373 e.